The molecule has 0 spiro atoms. The van der Waals surface area contributed by atoms with Crippen molar-refractivity contribution >= 4 is 48.5 Å². The van der Waals surface area contributed by atoms with Crippen LogP contribution in [0.2, 0.25) is 0 Å². The Morgan fingerprint density at radius 2 is 1.26 bits per heavy atom. The van der Waals surface area contributed by atoms with E-state index in [9.17, 15) is 5.26 Å². The molecule has 0 N–H and O–H groups in total. The first-order chi connectivity index (χ1) is 24.6. The quantitative estimate of drug-likeness (QED) is 0.0971. The van der Waals surface area contributed by atoms with Crippen molar-refractivity contribution in [3.8, 4) is 50.7 Å². The van der Waals surface area contributed by atoms with Gasteiger partial charge in [-0.15, -0.1) is 11.3 Å². The summed E-state index contributed by atoms with van der Waals surface area (Å²) in [7, 11) is 0. The van der Waals surface area contributed by atoms with E-state index in [1.165, 1.54) is 20.9 Å². The summed E-state index contributed by atoms with van der Waals surface area (Å²) >= 11 is 1.68. The minimum atomic E-state index is 0.576. The summed E-state index contributed by atoms with van der Waals surface area (Å²) in [5, 5.41) is 15.3. The summed E-state index contributed by atoms with van der Waals surface area (Å²) in [6, 6.07) is 48.6. The molecule has 0 amide bonds. The van der Waals surface area contributed by atoms with Gasteiger partial charge in [0.15, 0.2) is 17.5 Å². The molecular formula is C45H30N4S. The third-order valence-electron chi connectivity index (χ3n) is 8.83. The second-order valence-corrected chi connectivity index (χ2v) is 13.2. The summed E-state index contributed by atoms with van der Waals surface area (Å²) in [5.74, 6) is 1.81. The zero-order chi connectivity index (χ0) is 34.0. The van der Waals surface area contributed by atoms with Crippen LogP contribution in [0.25, 0.3) is 81.8 Å². The van der Waals surface area contributed by atoms with Crippen LogP contribution in [0.1, 0.15) is 12.5 Å². The van der Waals surface area contributed by atoms with Crippen LogP contribution in [0.3, 0.4) is 0 Å². The Labute approximate surface area is 294 Å². The topological polar surface area (TPSA) is 62.5 Å². The van der Waals surface area contributed by atoms with Gasteiger partial charge in [0.2, 0.25) is 0 Å². The standard InChI is InChI=1S/C45H30N4S/c1-3-30(22-21-29(2)28-46)34-23-35(40-26-32-15-7-9-17-37(32)38-18-10-11-19-39(38)40)25-36(24-34)44-47-43(31-13-5-4-6-14-31)48-45(49-44)42-27-33-16-8-12-20-41(33)50-42/h3-27H,1H2,2H3/b29-21+,30-22+. The van der Waals surface area contributed by atoms with E-state index in [2.05, 4.69) is 116 Å². The van der Waals surface area contributed by atoms with Crippen molar-refractivity contribution in [2.45, 2.75) is 6.92 Å². The highest BCUT2D eigenvalue weighted by Crippen LogP contribution is 2.39. The highest BCUT2D eigenvalue weighted by atomic mass is 32.1. The SMILES string of the molecule is C=C/C(=C\C=C(/C)C#N)c1cc(-c2nc(-c3ccccc3)nc(-c3cc4ccccc4s3)n2)cc(-c2cc3ccccc3c3ccccc23)c1. The van der Waals surface area contributed by atoms with Crippen molar-refractivity contribution in [2.24, 2.45) is 0 Å². The number of aromatic nitrogens is 3. The molecule has 0 aliphatic heterocycles. The van der Waals surface area contributed by atoms with Gasteiger partial charge in [-0.25, -0.2) is 15.0 Å². The third-order valence-corrected chi connectivity index (χ3v) is 9.94. The number of nitrogens with zero attached hydrogens (tertiary/aromatic N) is 4. The highest BCUT2D eigenvalue weighted by molar-refractivity contribution is 7.22. The number of thiophene rings is 1. The minimum absolute atomic E-state index is 0.576. The molecule has 0 bridgehead atoms. The van der Waals surface area contributed by atoms with E-state index >= 15 is 0 Å². The molecule has 0 fully saturated rings. The van der Waals surface area contributed by atoms with E-state index in [1.807, 2.05) is 48.6 Å². The van der Waals surface area contributed by atoms with Crippen molar-refractivity contribution < 1.29 is 0 Å². The second-order valence-electron chi connectivity index (χ2n) is 12.1. The summed E-state index contributed by atoms with van der Waals surface area (Å²) in [6.07, 6.45) is 5.59. The van der Waals surface area contributed by atoms with E-state index in [0.29, 0.717) is 23.0 Å². The van der Waals surface area contributed by atoms with Crippen molar-refractivity contribution in [1.29, 1.82) is 5.26 Å². The lowest BCUT2D eigenvalue weighted by molar-refractivity contribution is 1.08. The number of benzene rings is 6. The largest absolute Gasteiger partial charge is 0.208 e. The normalized spacial score (nSPS) is 12.0. The van der Waals surface area contributed by atoms with Gasteiger partial charge in [-0.05, 0) is 98.6 Å². The molecule has 8 rings (SSSR count). The molecule has 2 heterocycles. The first-order valence-corrected chi connectivity index (χ1v) is 17.2. The lowest BCUT2D eigenvalue weighted by atomic mass is 9.90. The molecule has 5 heteroatoms. The Morgan fingerprint density at radius 3 is 2.02 bits per heavy atom. The number of rotatable bonds is 7. The van der Waals surface area contributed by atoms with Gasteiger partial charge in [-0.1, -0.05) is 116 Å². The average Bonchev–Trinajstić information content (AvgIpc) is 3.62. The summed E-state index contributed by atoms with van der Waals surface area (Å²) in [6.45, 7) is 5.94. The number of hydrogen-bond donors (Lipinski definition) is 0. The van der Waals surface area contributed by atoms with Crippen LogP contribution in [-0.2, 0) is 0 Å². The predicted octanol–water partition coefficient (Wildman–Crippen LogP) is 12.1. The van der Waals surface area contributed by atoms with Crippen molar-refractivity contribution in [3.05, 3.63) is 169 Å². The van der Waals surface area contributed by atoms with Gasteiger partial charge in [0, 0.05) is 21.4 Å². The van der Waals surface area contributed by atoms with Crippen LogP contribution in [0.4, 0.5) is 0 Å². The maximum absolute atomic E-state index is 9.45. The first kappa shape index (κ1) is 30.8. The monoisotopic (exact) mass is 658 g/mol. The van der Waals surface area contributed by atoms with Crippen LogP contribution < -0.4 is 0 Å². The number of fused-ring (bicyclic) bond motifs is 4. The molecule has 50 heavy (non-hydrogen) atoms. The lowest BCUT2D eigenvalue weighted by Crippen LogP contribution is -2.00. The van der Waals surface area contributed by atoms with Crippen LogP contribution in [0.15, 0.2) is 164 Å². The first-order valence-electron chi connectivity index (χ1n) is 16.4. The fourth-order valence-electron chi connectivity index (χ4n) is 6.33. The number of allylic oxidation sites excluding steroid dienone is 5. The molecule has 6 aromatic carbocycles. The Kier molecular flexibility index (Phi) is 8.14. The molecule has 0 radical (unpaired) electrons. The maximum Gasteiger partial charge on any atom is 0.174 e. The van der Waals surface area contributed by atoms with Gasteiger partial charge in [-0.3, -0.25) is 0 Å². The lowest BCUT2D eigenvalue weighted by Gasteiger charge is -2.15. The van der Waals surface area contributed by atoms with Gasteiger partial charge in [0.1, 0.15) is 0 Å². The van der Waals surface area contributed by atoms with Gasteiger partial charge in [0.05, 0.1) is 10.9 Å². The number of nitriles is 1. The van der Waals surface area contributed by atoms with Crippen molar-refractivity contribution in [3.63, 3.8) is 0 Å². The zero-order valence-electron chi connectivity index (χ0n) is 27.3. The van der Waals surface area contributed by atoms with Crippen molar-refractivity contribution in [1.82, 2.24) is 15.0 Å². The second kappa shape index (κ2) is 13.2. The Morgan fingerprint density at radius 1 is 0.620 bits per heavy atom. The summed E-state index contributed by atoms with van der Waals surface area (Å²) in [4.78, 5) is 16.2. The van der Waals surface area contributed by atoms with Crippen LogP contribution in [0, 0.1) is 11.3 Å². The maximum atomic E-state index is 9.45. The minimum Gasteiger partial charge on any atom is -0.208 e. The van der Waals surface area contributed by atoms with Crippen LogP contribution in [-0.4, -0.2) is 15.0 Å². The fraction of sp³-hybridized carbons (Fsp3) is 0.0222. The number of hydrogen-bond acceptors (Lipinski definition) is 5. The molecule has 0 saturated heterocycles. The van der Waals surface area contributed by atoms with E-state index in [-0.39, 0.29) is 0 Å². The van der Waals surface area contributed by atoms with E-state index in [4.69, 9.17) is 15.0 Å². The van der Waals surface area contributed by atoms with E-state index in [0.717, 1.165) is 49.0 Å². The highest BCUT2D eigenvalue weighted by Gasteiger charge is 2.17. The van der Waals surface area contributed by atoms with Gasteiger partial charge >= 0.3 is 0 Å². The summed E-state index contributed by atoms with van der Waals surface area (Å²) < 4.78 is 1.18. The van der Waals surface area contributed by atoms with Gasteiger partial charge in [0.25, 0.3) is 0 Å². The molecule has 0 unspecified atom stereocenters. The van der Waals surface area contributed by atoms with Gasteiger partial charge in [-0.2, -0.15) is 5.26 Å². The van der Waals surface area contributed by atoms with Crippen LogP contribution in [0.5, 0.6) is 0 Å². The molecule has 0 saturated carbocycles. The predicted molar refractivity (Wildman–Crippen MR) is 210 cm³/mol. The smallest absolute Gasteiger partial charge is 0.174 e. The molecule has 0 aliphatic rings. The molecular weight excluding hydrogens is 629 g/mol. The van der Waals surface area contributed by atoms with E-state index in [1.54, 1.807) is 18.3 Å². The Balaban J connectivity index is 1.41. The summed E-state index contributed by atoms with van der Waals surface area (Å²) in [5.41, 5.74) is 6.34. The van der Waals surface area contributed by atoms with Crippen molar-refractivity contribution in [2.75, 3.05) is 0 Å². The Bertz CT molecular complexity index is 2660. The van der Waals surface area contributed by atoms with Gasteiger partial charge < -0.3 is 0 Å². The average molecular weight is 659 g/mol. The molecule has 8 aromatic rings. The molecule has 0 atom stereocenters. The third kappa shape index (κ3) is 5.90. The molecule has 2 aromatic heterocycles. The molecule has 4 nitrogen and oxygen atoms in total. The molecule has 0 aliphatic carbocycles. The Hall–Kier alpha value is -6.48. The zero-order valence-corrected chi connectivity index (χ0v) is 28.2. The van der Waals surface area contributed by atoms with Crippen LogP contribution >= 0.6 is 11.3 Å². The fourth-order valence-corrected chi connectivity index (χ4v) is 7.33. The molecule has 236 valence electrons. The van der Waals surface area contributed by atoms with E-state index < -0.39 is 0 Å².